The van der Waals surface area contributed by atoms with E-state index in [-0.39, 0.29) is 0 Å². The second-order valence-electron chi connectivity index (χ2n) is 5.51. The molecule has 0 aromatic heterocycles. The summed E-state index contributed by atoms with van der Waals surface area (Å²) in [6.07, 6.45) is 3.85. The molecule has 2 unspecified atom stereocenters. The first kappa shape index (κ1) is 14.0. The third-order valence-corrected chi connectivity index (χ3v) is 4.26. The zero-order chi connectivity index (χ0) is 13.1. The van der Waals surface area contributed by atoms with Crippen LogP contribution in [-0.2, 0) is 5.88 Å². The molecule has 0 N–H and O–H groups in total. The number of hydrogen-bond donors (Lipinski definition) is 0. The molecule has 18 heavy (non-hydrogen) atoms. The maximum absolute atomic E-state index is 6.14. The molecule has 0 bridgehead atoms. The predicted octanol–water partition coefficient (Wildman–Crippen LogP) is 5.28. The van der Waals surface area contributed by atoms with E-state index in [1.54, 1.807) is 0 Å². The minimum Gasteiger partial charge on any atom is -0.490 e. The fourth-order valence-corrected chi connectivity index (χ4v) is 3.50. The summed E-state index contributed by atoms with van der Waals surface area (Å²) in [5.74, 6) is 2.71. The lowest BCUT2D eigenvalue weighted by Crippen LogP contribution is -2.28. The van der Waals surface area contributed by atoms with Crippen LogP contribution in [0.3, 0.4) is 0 Å². The van der Waals surface area contributed by atoms with Gasteiger partial charge in [0.2, 0.25) is 0 Å². The summed E-state index contributed by atoms with van der Waals surface area (Å²) in [6.45, 7) is 4.60. The molecule has 3 heteroatoms. The number of benzene rings is 1. The standard InChI is InChI=1S/C15H20Cl2O/c1-10-6-11(2)8-12(7-10)18-15-5-3-4-14(17)13(15)9-16/h3-5,10-12H,6-9H2,1-2H3. The molecule has 0 spiro atoms. The van der Waals surface area contributed by atoms with Gasteiger partial charge in [0.15, 0.2) is 0 Å². The maximum atomic E-state index is 6.14. The molecule has 0 amide bonds. The van der Waals surface area contributed by atoms with Gasteiger partial charge in [0.05, 0.1) is 12.0 Å². The van der Waals surface area contributed by atoms with Crippen molar-refractivity contribution in [1.82, 2.24) is 0 Å². The average molecular weight is 287 g/mol. The molecular weight excluding hydrogens is 267 g/mol. The third-order valence-electron chi connectivity index (χ3n) is 3.64. The van der Waals surface area contributed by atoms with Crippen molar-refractivity contribution in [2.24, 2.45) is 11.8 Å². The highest BCUT2D eigenvalue weighted by Crippen LogP contribution is 2.34. The van der Waals surface area contributed by atoms with Crippen LogP contribution < -0.4 is 4.74 Å². The van der Waals surface area contributed by atoms with Crippen molar-refractivity contribution in [1.29, 1.82) is 0 Å². The largest absolute Gasteiger partial charge is 0.490 e. The van der Waals surface area contributed by atoms with Gasteiger partial charge in [-0.2, -0.15) is 0 Å². The highest BCUT2D eigenvalue weighted by atomic mass is 35.5. The van der Waals surface area contributed by atoms with Gasteiger partial charge in [-0.05, 0) is 43.2 Å². The maximum Gasteiger partial charge on any atom is 0.125 e. The highest BCUT2D eigenvalue weighted by Gasteiger charge is 2.25. The number of ether oxygens (including phenoxy) is 1. The number of halogens is 2. The lowest BCUT2D eigenvalue weighted by molar-refractivity contribution is 0.100. The lowest BCUT2D eigenvalue weighted by atomic mass is 9.82. The van der Waals surface area contributed by atoms with Crippen molar-refractivity contribution in [2.75, 3.05) is 0 Å². The van der Waals surface area contributed by atoms with Crippen LogP contribution in [-0.4, -0.2) is 6.10 Å². The molecule has 1 aromatic carbocycles. The molecule has 2 rings (SSSR count). The lowest BCUT2D eigenvalue weighted by Gasteiger charge is -2.32. The van der Waals surface area contributed by atoms with Crippen LogP contribution in [0.4, 0.5) is 0 Å². The molecule has 1 aromatic rings. The molecular formula is C15H20Cl2O. The van der Waals surface area contributed by atoms with Crippen molar-refractivity contribution < 1.29 is 4.74 Å². The van der Waals surface area contributed by atoms with Gasteiger partial charge >= 0.3 is 0 Å². The molecule has 1 aliphatic rings. The minimum absolute atomic E-state index is 0.296. The van der Waals surface area contributed by atoms with Gasteiger partial charge in [0, 0.05) is 10.6 Å². The zero-order valence-electron chi connectivity index (χ0n) is 11.0. The van der Waals surface area contributed by atoms with E-state index in [0.717, 1.165) is 36.0 Å². The average Bonchev–Trinajstić information content (AvgIpc) is 2.27. The van der Waals surface area contributed by atoms with Gasteiger partial charge in [0.1, 0.15) is 5.75 Å². The molecule has 1 fully saturated rings. The van der Waals surface area contributed by atoms with E-state index >= 15 is 0 Å². The van der Waals surface area contributed by atoms with Crippen LogP contribution in [0.25, 0.3) is 0 Å². The summed E-state index contributed by atoms with van der Waals surface area (Å²) in [5.41, 5.74) is 0.909. The van der Waals surface area contributed by atoms with E-state index in [4.69, 9.17) is 27.9 Å². The van der Waals surface area contributed by atoms with Crippen LogP contribution in [0.5, 0.6) is 5.75 Å². The first-order valence-electron chi connectivity index (χ1n) is 6.60. The summed E-state index contributed by atoms with van der Waals surface area (Å²) < 4.78 is 6.13. The van der Waals surface area contributed by atoms with E-state index in [9.17, 15) is 0 Å². The molecule has 1 nitrogen and oxygen atoms in total. The van der Waals surface area contributed by atoms with E-state index in [2.05, 4.69) is 13.8 Å². The SMILES string of the molecule is CC1CC(C)CC(Oc2cccc(Cl)c2CCl)C1. The monoisotopic (exact) mass is 286 g/mol. The second-order valence-corrected chi connectivity index (χ2v) is 6.18. The van der Waals surface area contributed by atoms with Crippen LogP contribution in [0.2, 0.25) is 5.02 Å². The van der Waals surface area contributed by atoms with Gasteiger partial charge in [-0.3, -0.25) is 0 Å². The molecule has 1 saturated carbocycles. The van der Waals surface area contributed by atoms with E-state index in [1.165, 1.54) is 6.42 Å². The second kappa shape index (κ2) is 6.16. The first-order chi connectivity index (χ1) is 8.60. The topological polar surface area (TPSA) is 9.23 Å². The summed E-state index contributed by atoms with van der Waals surface area (Å²) in [5, 5.41) is 0.694. The van der Waals surface area contributed by atoms with Gasteiger partial charge in [0.25, 0.3) is 0 Å². The van der Waals surface area contributed by atoms with Crippen LogP contribution >= 0.6 is 23.2 Å². The third kappa shape index (κ3) is 3.33. The Kier molecular flexibility index (Phi) is 4.80. The Morgan fingerprint density at radius 3 is 2.44 bits per heavy atom. The zero-order valence-corrected chi connectivity index (χ0v) is 12.5. The van der Waals surface area contributed by atoms with Crippen LogP contribution in [0.1, 0.15) is 38.7 Å². The number of alkyl halides is 1. The van der Waals surface area contributed by atoms with Crippen LogP contribution in [0, 0.1) is 11.8 Å². The fraction of sp³-hybridized carbons (Fsp3) is 0.600. The molecule has 1 aliphatic carbocycles. The molecule has 2 atom stereocenters. The quantitative estimate of drug-likeness (QED) is 0.687. The van der Waals surface area contributed by atoms with Crippen molar-refractivity contribution in [3.05, 3.63) is 28.8 Å². The minimum atomic E-state index is 0.296. The Morgan fingerprint density at radius 1 is 1.17 bits per heavy atom. The van der Waals surface area contributed by atoms with Gasteiger partial charge < -0.3 is 4.74 Å². The Morgan fingerprint density at radius 2 is 1.83 bits per heavy atom. The Hall–Kier alpha value is -0.400. The summed E-state index contributed by atoms with van der Waals surface area (Å²) in [6, 6.07) is 5.75. The van der Waals surface area contributed by atoms with Crippen molar-refractivity contribution in [2.45, 2.75) is 45.1 Å². The van der Waals surface area contributed by atoms with Crippen molar-refractivity contribution >= 4 is 23.2 Å². The molecule has 0 radical (unpaired) electrons. The number of hydrogen-bond acceptors (Lipinski definition) is 1. The van der Waals surface area contributed by atoms with Crippen molar-refractivity contribution in [3.63, 3.8) is 0 Å². The molecule has 100 valence electrons. The van der Waals surface area contributed by atoms with E-state index in [1.807, 2.05) is 18.2 Å². The summed E-state index contributed by atoms with van der Waals surface area (Å²) in [7, 11) is 0. The molecule has 0 heterocycles. The normalized spacial score (nSPS) is 28.1. The van der Waals surface area contributed by atoms with E-state index in [0.29, 0.717) is 17.0 Å². The Balaban J connectivity index is 2.11. The fourth-order valence-electron chi connectivity index (χ4n) is 2.93. The highest BCUT2D eigenvalue weighted by molar-refractivity contribution is 6.32. The van der Waals surface area contributed by atoms with Gasteiger partial charge in [-0.25, -0.2) is 0 Å². The van der Waals surface area contributed by atoms with Gasteiger partial charge in [-0.15, -0.1) is 11.6 Å². The summed E-state index contributed by atoms with van der Waals surface area (Å²) >= 11 is 12.1. The Bertz CT molecular complexity index is 395. The smallest absolute Gasteiger partial charge is 0.125 e. The number of rotatable bonds is 3. The molecule has 0 aliphatic heterocycles. The van der Waals surface area contributed by atoms with E-state index < -0.39 is 0 Å². The van der Waals surface area contributed by atoms with Gasteiger partial charge in [-0.1, -0.05) is 31.5 Å². The Labute approximate surface area is 119 Å². The predicted molar refractivity (Wildman–Crippen MR) is 77.6 cm³/mol. The summed E-state index contributed by atoms with van der Waals surface area (Å²) in [4.78, 5) is 0. The van der Waals surface area contributed by atoms with Crippen molar-refractivity contribution in [3.8, 4) is 5.75 Å². The van der Waals surface area contributed by atoms with Crippen LogP contribution in [0.15, 0.2) is 18.2 Å². The first-order valence-corrected chi connectivity index (χ1v) is 7.51. The molecule has 0 saturated heterocycles.